The SMILES string of the molecule is CN=C(NCc1ccc(N2CCNC(=O)C2)cc1)NC1CCN(C(=O)C2CCCCC2)C1.I. The molecule has 1 aromatic carbocycles. The maximum Gasteiger partial charge on any atom is 0.239 e. The van der Waals surface area contributed by atoms with E-state index in [1.54, 1.807) is 7.05 Å². The van der Waals surface area contributed by atoms with Gasteiger partial charge in [-0.1, -0.05) is 31.4 Å². The van der Waals surface area contributed by atoms with Crippen molar-refractivity contribution in [3.63, 3.8) is 0 Å². The highest BCUT2D eigenvalue weighted by atomic mass is 127. The fourth-order valence-electron chi connectivity index (χ4n) is 4.94. The quantitative estimate of drug-likeness (QED) is 0.288. The predicted octanol–water partition coefficient (Wildman–Crippen LogP) is 2.09. The number of hydrogen-bond acceptors (Lipinski definition) is 4. The number of aliphatic imine (C=N–C) groups is 1. The van der Waals surface area contributed by atoms with Crippen molar-refractivity contribution in [3.05, 3.63) is 29.8 Å². The summed E-state index contributed by atoms with van der Waals surface area (Å²) < 4.78 is 0. The largest absolute Gasteiger partial charge is 0.360 e. The molecule has 9 heteroatoms. The van der Waals surface area contributed by atoms with Crippen molar-refractivity contribution in [1.82, 2.24) is 20.9 Å². The van der Waals surface area contributed by atoms with Crippen LogP contribution in [-0.4, -0.2) is 68.5 Å². The maximum absolute atomic E-state index is 12.8. The normalized spacial score (nSPS) is 21.9. The predicted molar refractivity (Wildman–Crippen MR) is 142 cm³/mol. The molecule has 1 atom stereocenters. The van der Waals surface area contributed by atoms with Crippen molar-refractivity contribution in [2.24, 2.45) is 10.9 Å². The van der Waals surface area contributed by atoms with Gasteiger partial charge in [0.1, 0.15) is 0 Å². The number of nitrogens with zero attached hydrogens (tertiary/aromatic N) is 3. The second-order valence-corrected chi connectivity index (χ2v) is 9.11. The van der Waals surface area contributed by atoms with Gasteiger partial charge >= 0.3 is 0 Å². The minimum Gasteiger partial charge on any atom is -0.360 e. The van der Waals surface area contributed by atoms with Gasteiger partial charge in [0.25, 0.3) is 0 Å². The number of piperazine rings is 1. The summed E-state index contributed by atoms with van der Waals surface area (Å²) in [6.07, 6.45) is 6.72. The van der Waals surface area contributed by atoms with Crippen LogP contribution in [0.3, 0.4) is 0 Å². The summed E-state index contributed by atoms with van der Waals surface area (Å²) in [5.41, 5.74) is 2.22. The van der Waals surface area contributed by atoms with Gasteiger partial charge in [-0.2, -0.15) is 0 Å². The summed E-state index contributed by atoms with van der Waals surface area (Å²) in [7, 11) is 1.78. The monoisotopic (exact) mass is 568 g/mol. The molecule has 1 unspecified atom stereocenters. The number of carbonyl (C=O) groups is 2. The molecule has 1 aromatic rings. The minimum atomic E-state index is 0. The Morgan fingerprint density at radius 2 is 1.88 bits per heavy atom. The highest BCUT2D eigenvalue weighted by Gasteiger charge is 2.31. The van der Waals surface area contributed by atoms with Gasteiger partial charge in [-0.25, -0.2) is 0 Å². The van der Waals surface area contributed by atoms with Gasteiger partial charge in [0.15, 0.2) is 5.96 Å². The number of likely N-dealkylation sites (tertiary alicyclic amines) is 1. The topological polar surface area (TPSA) is 89.1 Å². The third-order valence-corrected chi connectivity index (χ3v) is 6.82. The van der Waals surface area contributed by atoms with Crippen LogP contribution in [0.4, 0.5) is 5.69 Å². The van der Waals surface area contributed by atoms with Crippen molar-refractivity contribution in [2.75, 3.05) is 44.7 Å². The molecule has 1 aliphatic carbocycles. The van der Waals surface area contributed by atoms with Crippen LogP contribution in [0.5, 0.6) is 0 Å². The van der Waals surface area contributed by atoms with E-state index in [1.807, 2.05) is 4.90 Å². The summed E-state index contributed by atoms with van der Waals surface area (Å²) in [6.45, 7) is 4.19. The highest BCUT2D eigenvalue weighted by Crippen LogP contribution is 2.26. The van der Waals surface area contributed by atoms with Crippen molar-refractivity contribution in [1.29, 1.82) is 0 Å². The first-order valence-electron chi connectivity index (χ1n) is 12.0. The number of rotatable bonds is 5. The Bertz CT molecular complexity index is 825. The summed E-state index contributed by atoms with van der Waals surface area (Å²) in [5, 5.41) is 9.72. The number of hydrogen-bond donors (Lipinski definition) is 3. The molecule has 3 N–H and O–H groups in total. The number of carbonyl (C=O) groups excluding carboxylic acids is 2. The van der Waals surface area contributed by atoms with Gasteiger partial charge in [0.2, 0.25) is 11.8 Å². The van der Waals surface area contributed by atoms with E-state index >= 15 is 0 Å². The summed E-state index contributed by atoms with van der Waals surface area (Å²) in [5.74, 6) is 1.42. The lowest BCUT2D eigenvalue weighted by Gasteiger charge is -2.28. The van der Waals surface area contributed by atoms with Crippen LogP contribution in [0.25, 0.3) is 0 Å². The molecular weight excluding hydrogens is 531 g/mol. The summed E-state index contributed by atoms with van der Waals surface area (Å²) >= 11 is 0. The van der Waals surface area contributed by atoms with Crippen LogP contribution in [0.15, 0.2) is 29.3 Å². The molecule has 8 nitrogen and oxygen atoms in total. The second-order valence-electron chi connectivity index (χ2n) is 9.11. The Morgan fingerprint density at radius 1 is 1.12 bits per heavy atom. The molecular formula is C24H37IN6O2. The van der Waals surface area contributed by atoms with Crippen molar-refractivity contribution in [3.8, 4) is 0 Å². The fraction of sp³-hybridized carbons (Fsp3) is 0.625. The van der Waals surface area contributed by atoms with Gasteiger partial charge in [0, 0.05) is 57.4 Å². The van der Waals surface area contributed by atoms with E-state index < -0.39 is 0 Å². The molecule has 2 heterocycles. The first-order chi connectivity index (χ1) is 15.6. The molecule has 0 radical (unpaired) electrons. The Labute approximate surface area is 214 Å². The van der Waals surface area contributed by atoms with Crippen molar-refractivity contribution in [2.45, 2.75) is 51.1 Å². The third kappa shape index (κ3) is 6.97. The van der Waals surface area contributed by atoms with Crippen LogP contribution in [0.1, 0.15) is 44.1 Å². The molecule has 0 aromatic heterocycles. The number of anilines is 1. The van der Waals surface area contributed by atoms with E-state index in [2.05, 4.69) is 50.1 Å². The van der Waals surface area contributed by atoms with Gasteiger partial charge in [-0.15, -0.1) is 24.0 Å². The van der Waals surface area contributed by atoms with E-state index in [9.17, 15) is 9.59 Å². The van der Waals surface area contributed by atoms with Crippen molar-refractivity contribution < 1.29 is 9.59 Å². The van der Waals surface area contributed by atoms with Gasteiger partial charge in [0.05, 0.1) is 6.54 Å². The lowest BCUT2D eigenvalue weighted by molar-refractivity contribution is -0.135. The lowest BCUT2D eigenvalue weighted by Crippen LogP contribution is -2.47. The zero-order chi connectivity index (χ0) is 22.3. The third-order valence-electron chi connectivity index (χ3n) is 6.82. The molecule has 4 rings (SSSR count). The molecule has 2 aliphatic heterocycles. The molecule has 3 fully saturated rings. The van der Waals surface area contributed by atoms with Crippen LogP contribution in [0.2, 0.25) is 0 Å². The molecule has 182 valence electrons. The van der Waals surface area contributed by atoms with Crippen molar-refractivity contribution >= 4 is 47.4 Å². The van der Waals surface area contributed by atoms with E-state index in [1.165, 1.54) is 19.3 Å². The zero-order valence-electron chi connectivity index (χ0n) is 19.5. The molecule has 3 aliphatic rings. The fourth-order valence-corrected chi connectivity index (χ4v) is 4.94. The Morgan fingerprint density at radius 3 is 2.58 bits per heavy atom. The first kappa shape index (κ1) is 25.6. The average molecular weight is 569 g/mol. The van der Waals surface area contributed by atoms with Crippen LogP contribution in [-0.2, 0) is 16.1 Å². The summed E-state index contributed by atoms with van der Waals surface area (Å²) in [4.78, 5) is 32.9. The number of benzene rings is 1. The van der Waals surface area contributed by atoms with Crippen LogP contribution in [0, 0.1) is 5.92 Å². The Kier molecular flexibility index (Phi) is 9.64. The minimum absolute atomic E-state index is 0. The first-order valence-corrected chi connectivity index (χ1v) is 12.0. The smallest absolute Gasteiger partial charge is 0.239 e. The van der Waals surface area contributed by atoms with E-state index in [0.29, 0.717) is 25.5 Å². The van der Waals surface area contributed by atoms with Crippen LogP contribution >= 0.6 is 24.0 Å². The standard InChI is InChI=1S/C24H36N6O2.HI/c1-25-24(28-20-11-13-30(16-20)23(32)19-5-3-2-4-6-19)27-15-18-7-9-21(10-8-18)29-14-12-26-22(31)17-29;/h7-10,19-20H,2-6,11-17H2,1H3,(H,26,31)(H2,25,27,28);1H. The van der Waals surface area contributed by atoms with E-state index in [0.717, 1.165) is 56.1 Å². The zero-order valence-corrected chi connectivity index (χ0v) is 21.8. The molecule has 0 bridgehead atoms. The molecule has 0 spiro atoms. The molecule has 33 heavy (non-hydrogen) atoms. The van der Waals surface area contributed by atoms with Gasteiger partial charge in [-0.05, 0) is 37.0 Å². The lowest BCUT2D eigenvalue weighted by atomic mass is 9.88. The number of nitrogens with one attached hydrogen (secondary N) is 3. The van der Waals surface area contributed by atoms with E-state index in [4.69, 9.17) is 0 Å². The second kappa shape index (κ2) is 12.4. The number of guanidine groups is 1. The number of halogens is 1. The Hall–Kier alpha value is -2.04. The Balaban J connectivity index is 0.00000306. The molecule has 2 saturated heterocycles. The van der Waals surface area contributed by atoms with Gasteiger partial charge < -0.3 is 25.8 Å². The van der Waals surface area contributed by atoms with E-state index in [-0.39, 0.29) is 41.8 Å². The highest BCUT2D eigenvalue weighted by molar-refractivity contribution is 14.0. The average Bonchev–Trinajstić information content (AvgIpc) is 3.30. The van der Waals surface area contributed by atoms with Gasteiger partial charge in [-0.3, -0.25) is 14.6 Å². The molecule has 2 amide bonds. The summed E-state index contributed by atoms with van der Waals surface area (Å²) in [6, 6.07) is 8.54. The van der Waals surface area contributed by atoms with Crippen LogP contribution < -0.4 is 20.9 Å². The molecule has 1 saturated carbocycles. The number of amides is 2. The maximum atomic E-state index is 12.8.